The second-order valence-electron chi connectivity index (χ2n) is 3.69. The minimum Gasteiger partial charge on any atom is -0.463 e. The average Bonchev–Trinajstić information content (AvgIpc) is 2.83. The van der Waals surface area contributed by atoms with Crippen LogP contribution < -0.4 is 5.73 Å². The van der Waals surface area contributed by atoms with E-state index in [4.69, 9.17) is 10.2 Å². The average molecular weight is 227 g/mol. The predicted molar refractivity (Wildman–Crippen MR) is 66.8 cm³/mol. The molecule has 2 aromatic rings. The Balaban J connectivity index is 2.57. The molecule has 2 rings (SSSR count). The van der Waals surface area contributed by atoms with E-state index in [0.29, 0.717) is 17.0 Å². The summed E-state index contributed by atoms with van der Waals surface area (Å²) in [4.78, 5) is 11.7. The van der Waals surface area contributed by atoms with E-state index in [1.54, 1.807) is 12.1 Å². The molecule has 0 atom stereocenters. The highest BCUT2D eigenvalue weighted by Crippen LogP contribution is 2.23. The van der Waals surface area contributed by atoms with Gasteiger partial charge in [0.1, 0.15) is 5.76 Å². The summed E-state index contributed by atoms with van der Waals surface area (Å²) in [5.41, 5.74) is 7.64. The molecule has 0 saturated carbocycles. The zero-order chi connectivity index (χ0) is 12.3. The van der Waals surface area contributed by atoms with Gasteiger partial charge in [0.05, 0.1) is 17.5 Å². The molecule has 1 aromatic heterocycles. The van der Waals surface area contributed by atoms with Gasteiger partial charge in [-0.15, -0.1) is 0 Å². The van der Waals surface area contributed by atoms with Gasteiger partial charge in [-0.1, -0.05) is 30.3 Å². The molecule has 1 heterocycles. The first-order valence-corrected chi connectivity index (χ1v) is 5.30. The van der Waals surface area contributed by atoms with E-state index in [2.05, 4.69) is 0 Å². The van der Waals surface area contributed by atoms with Crippen LogP contribution in [0.3, 0.4) is 0 Å². The summed E-state index contributed by atoms with van der Waals surface area (Å²) in [7, 11) is 0. The van der Waals surface area contributed by atoms with E-state index >= 15 is 0 Å². The number of Topliss-reactive ketones (excluding diaryl/α,β-unsaturated/α-hetero) is 1. The monoisotopic (exact) mass is 227 g/mol. The number of benzene rings is 1. The molecule has 0 saturated heterocycles. The van der Waals surface area contributed by atoms with Gasteiger partial charge in [-0.05, 0) is 24.6 Å². The highest BCUT2D eigenvalue weighted by molar-refractivity contribution is 6.26. The van der Waals surface area contributed by atoms with Crippen molar-refractivity contribution in [3.63, 3.8) is 0 Å². The van der Waals surface area contributed by atoms with Crippen LogP contribution in [0.5, 0.6) is 0 Å². The zero-order valence-corrected chi connectivity index (χ0v) is 9.51. The third kappa shape index (κ3) is 2.28. The third-order valence-corrected chi connectivity index (χ3v) is 2.47. The van der Waals surface area contributed by atoms with Gasteiger partial charge in [-0.3, -0.25) is 4.79 Å². The number of rotatable bonds is 3. The maximum Gasteiger partial charge on any atom is 0.162 e. The van der Waals surface area contributed by atoms with Crippen LogP contribution in [0.15, 0.2) is 53.1 Å². The summed E-state index contributed by atoms with van der Waals surface area (Å²) in [6.45, 7) is 1.50. The molecule has 2 N–H and O–H groups in total. The van der Waals surface area contributed by atoms with Crippen molar-refractivity contribution in [2.45, 2.75) is 6.92 Å². The fourth-order valence-electron chi connectivity index (χ4n) is 1.71. The molecule has 3 heteroatoms. The van der Waals surface area contributed by atoms with Crippen LogP contribution in [0.1, 0.15) is 18.2 Å². The van der Waals surface area contributed by atoms with Gasteiger partial charge in [0.15, 0.2) is 5.78 Å². The summed E-state index contributed by atoms with van der Waals surface area (Å²) >= 11 is 0. The van der Waals surface area contributed by atoms with E-state index < -0.39 is 0 Å². The third-order valence-electron chi connectivity index (χ3n) is 2.47. The van der Waals surface area contributed by atoms with Crippen LogP contribution in [0.2, 0.25) is 0 Å². The molecule has 0 fully saturated rings. The Kier molecular flexibility index (Phi) is 3.10. The number of hydrogen-bond acceptors (Lipinski definition) is 3. The van der Waals surface area contributed by atoms with Crippen LogP contribution in [-0.4, -0.2) is 5.78 Å². The summed E-state index contributed by atoms with van der Waals surface area (Å²) in [5, 5.41) is 0. The lowest BCUT2D eigenvalue weighted by atomic mass is 9.99. The number of allylic oxidation sites excluding steroid dienone is 1. The molecule has 0 amide bonds. The van der Waals surface area contributed by atoms with Crippen LogP contribution in [0, 0.1) is 0 Å². The molecule has 1 aromatic carbocycles. The van der Waals surface area contributed by atoms with Crippen molar-refractivity contribution in [3.8, 4) is 0 Å². The lowest BCUT2D eigenvalue weighted by Gasteiger charge is -2.07. The van der Waals surface area contributed by atoms with E-state index in [1.165, 1.54) is 13.2 Å². The van der Waals surface area contributed by atoms with Crippen molar-refractivity contribution in [2.75, 3.05) is 0 Å². The topological polar surface area (TPSA) is 56.2 Å². The van der Waals surface area contributed by atoms with Gasteiger partial charge in [-0.2, -0.15) is 0 Å². The van der Waals surface area contributed by atoms with Crippen molar-refractivity contribution < 1.29 is 9.21 Å². The van der Waals surface area contributed by atoms with Crippen molar-refractivity contribution in [3.05, 3.63) is 60.1 Å². The molecular weight excluding hydrogens is 214 g/mol. The second kappa shape index (κ2) is 4.70. The van der Waals surface area contributed by atoms with Gasteiger partial charge in [0.25, 0.3) is 0 Å². The predicted octanol–water partition coefficient (Wildman–Crippen LogP) is 2.70. The number of furan rings is 1. The minimum atomic E-state index is -0.0786. The molecule has 0 aliphatic heterocycles. The molecule has 17 heavy (non-hydrogen) atoms. The Morgan fingerprint density at radius 3 is 2.35 bits per heavy atom. The lowest BCUT2D eigenvalue weighted by molar-refractivity contribution is -0.111. The largest absolute Gasteiger partial charge is 0.463 e. The number of hydrogen-bond donors (Lipinski definition) is 1. The molecule has 0 unspecified atom stereocenters. The second-order valence-corrected chi connectivity index (χ2v) is 3.69. The van der Waals surface area contributed by atoms with Gasteiger partial charge >= 0.3 is 0 Å². The molecule has 86 valence electrons. The maximum atomic E-state index is 11.7. The molecule has 0 radical (unpaired) electrons. The van der Waals surface area contributed by atoms with Crippen molar-refractivity contribution in [2.24, 2.45) is 5.73 Å². The Bertz CT molecular complexity index is 539. The normalized spacial score (nSPS) is 12.1. The van der Waals surface area contributed by atoms with Crippen LogP contribution in [-0.2, 0) is 4.79 Å². The quantitative estimate of drug-likeness (QED) is 0.820. The van der Waals surface area contributed by atoms with Gasteiger partial charge < -0.3 is 10.2 Å². The summed E-state index contributed by atoms with van der Waals surface area (Å²) in [5.74, 6) is 0.434. The van der Waals surface area contributed by atoms with E-state index in [1.807, 2.05) is 30.3 Å². The highest BCUT2D eigenvalue weighted by Gasteiger charge is 2.14. The maximum absolute atomic E-state index is 11.7. The van der Waals surface area contributed by atoms with Crippen LogP contribution >= 0.6 is 0 Å². The smallest absolute Gasteiger partial charge is 0.162 e. The Morgan fingerprint density at radius 2 is 1.82 bits per heavy atom. The first kappa shape index (κ1) is 11.2. The number of nitrogens with two attached hydrogens (primary N) is 1. The molecule has 3 nitrogen and oxygen atoms in total. The van der Waals surface area contributed by atoms with E-state index in [0.717, 1.165) is 5.56 Å². The standard InChI is InChI=1S/C14H13NO2/c1-10(16)13(11-6-3-2-4-7-11)14(15)12-8-5-9-17-12/h2-9H,15H2,1H3/b14-13+. The first-order valence-electron chi connectivity index (χ1n) is 5.30. The fourth-order valence-corrected chi connectivity index (χ4v) is 1.71. The molecule has 0 bridgehead atoms. The molecule has 0 aliphatic rings. The van der Waals surface area contributed by atoms with Gasteiger partial charge in [0.2, 0.25) is 0 Å². The Labute approximate surface area is 99.6 Å². The van der Waals surface area contributed by atoms with Crippen molar-refractivity contribution >= 4 is 17.1 Å². The SMILES string of the molecule is CC(=O)/C(=C(\N)c1ccco1)c1ccccc1. The summed E-state index contributed by atoms with van der Waals surface area (Å²) in [6.07, 6.45) is 1.53. The molecule has 0 aliphatic carbocycles. The minimum absolute atomic E-state index is 0.0786. The lowest BCUT2D eigenvalue weighted by Crippen LogP contribution is -2.06. The summed E-state index contributed by atoms with van der Waals surface area (Å²) in [6, 6.07) is 12.8. The molecule has 0 spiro atoms. The van der Waals surface area contributed by atoms with Crippen molar-refractivity contribution in [1.82, 2.24) is 0 Å². The van der Waals surface area contributed by atoms with Gasteiger partial charge in [-0.25, -0.2) is 0 Å². The van der Waals surface area contributed by atoms with Crippen LogP contribution in [0.4, 0.5) is 0 Å². The Hall–Kier alpha value is -2.29. The van der Waals surface area contributed by atoms with Gasteiger partial charge in [0, 0.05) is 0 Å². The van der Waals surface area contributed by atoms with Crippen molar-refractivity contribution in [1.29, 1.82) is 0 Å². The molecular formula is C14H13NO2. The highest BCUT2D eigenvalue weighted by atomic mass is 16.3. The number of ketones is 1. The fraction of sp³-hybridized carbons (Fsp3) is 0.0714. The number of carbonyl (C=O) groups is 1. The number of carbonyl (C=O) groups excluding carboxylic acids is 1. The summed E-state index contributed by atoms with van der Waals surface area (Å²) < 4.78 is 5.21. The Morgan fingerprint density at radius 1 is 1.12 bits per heavy atom. The zero-order valence-electron chi connectivity index (χ0n) is 9.51. The van der Waals surface area contributed by atoms with Crippen LogP contribution in [0.25, 0.3) is 11.3 Å². The van der Waals surface area contributed by atoms with E-state index in [9.17, 15) is 4.79 Å². The first-order chi connectivity index (χ1) is 8.20. The van der Waals surface area contributed by atoms with E-state index in [-0.39, 0.29) is 5.78 Å².